The Morgan fingerprint density at radius 3 is 2.58 bits per heavy atom. The topological polar surface area (TPSA) is 73.6 Å². The molecule has 0 saturated carbocycles. The standard InChI is InChI=1S/C21H22ClN3O3S3/c1-21(2)11-15-18(17(12-21)24-28-3)20(29-4)30-19(15)16-9-10-25(23-16)31(26,27)14-7-5-13(22)6-8-14/h5-10H,11-12H2,1-4H3/b24-17+. The molecule has 31 heavy (non-hydrogen) atoms. The molecule has 1 aliphatic carbocycles. The Morgan fingerprint density at radius 1 is 1.23 bits per heavy atom. The molecule has 0 atom stereocenters. The molecular weight excluding hydrogens is 474 g/mol. The summed E-state index contributed by atoms with van der Waals surface area (Å²) < 4.78 is 28.2. The number of thiophene rings is 1. The largest absolute Gasteiger partial charge is 0.399 e. The molecule has 0 N–H and O–H groups in total. The molecule has 0 saturated heterocycles. The first kappa shape index (κ1) is 22.4. The second-order valence-electron chi connectivity index (χ2n) is 8.05. The average molecular weight is 496 g/mol. The van der Waals surface area contributed by atoms with Gasteiger partial charge < -0.3 is 4.84 Å². The maximum Gasteiger partial charge on any atom is 0.282 e. The van der Waals surface area contributed by atoms with Gasteiger partial charge >= 0.3 is 0 Å². The molecule has 0 aliphatic heterocycles. The van der Waals surface area contributed by atoms with Crippen molar-refractivity contribution in [3.8, 4) is 10.6 Å². The highest BCUT2D eigenvalue weighted by Gasteiger charge is 2.36. The first-order chi connectivity index (χ1) is 14.7. The quantitative estimate of drug-likeness (QED) is 0.343. The fourth-order valence-electron chi connectivity index (χ4n) is 3.80. The Bertz CT molecular complexity index is 1260. The van der Waals surface area contributed by atoms with Gasteiger partial charge in [0.15, 0.2) is 0 Å². The zero-order valence-electron chi connectivity index (χ0n) is 17.5. The molecule has 0 spiro atoms. The van der Waals surface area contributed by atoms with Crippen LogP contribution in [0.2, 0.25) is 5.02 Å². The van der Waals surface area contributed by atoms with Gasteiger partial charge in [-0.2, -0.15) is 17.6 Å². The molecule has 1 aromatic carbocycles. The van der Waals surface area contributed by atoms with Crippen LogP contribution in [0.25, 0.3) is 10.6 Å². The number of hydrogen-bond acceptors (Lipinski definition) is 7. The molecule has 0 fully saturated rings. The molecule has 0 bridgehead atoms. The van der Waals surface area contributed by atoms with Crippen molar-refractivity contribution in [3.63, 3.8) is 0 Å². The Labute approximate surface area is 195 Å². The summed E-state index contributed by atoms with van der Waals surface area (Å²) in [5.74, 6) is 0. The number of benzene rings is 1. The molecule has 164 valence electrons. The van der Waals surface area contributed by atoms with Crippen LogP contribution in [0, 0.1) is 5.41 Å². The minimum atomic E-state index is -3.80. The van der Waals surface area contributed by atoms with Crippen LogP contribution in [0.4, 0.5) is 0 Å². The summed E-state index contributed by atoms with van der Waals surface area (Å²) in [7, 11) is -2.24. The first-order valence-corrected chi connectivity index (χ1v) is 13.4. The van der Waals surface area contributed by atoms with Crippen molar-refractivity contribution >= 4 is 50.4 Å². The van der Waals surface area contributed by atoms with Gasteiger partial charge in [-0.15, -0.1) is 23.1 Å². The lowest BCUT2D eigenvalue weighted by Gasteiger charge is -2.31. The van der Waals surface area contributed by atoms with Crippen molar-refractivity contribution in [1.29, 1.82) is 0 Å². The lowest BCUT2D eigenvalue weighted by atomic mass is 9.74. The molecule has 3 aromatic rings. The smallest absolute Gasteiger partial charge is 0.282 e. The van der Waals surface area contributed by atoms with Crippen molar-refractivity contribution in [2.75, 3.05) is 13.4 Å². The van der Waals surface area contributed by atoms with Crippen molar-refractivity contribution < 1.29 is 13.3 Å². The Morgan fingerprint density at radius 2 is 1.94 bits per heavy atom. The summed E-state index contributed by atoms with van der Waals surface area (Å²) in [6, 6.07) is 7.82. The zero-order chi connectivity index (χ0) is 22.4. The van der Waals surface area contributed by atoms with Gasteiger partial charge in [0.2, 0.25) is 0 Å². The molecular formula is C21H22ClN3O3S3. The van der Waals surface area contributed by atoms with Crippen molar-refractivity contribution in [1.82, 2.24) is 9.19 Å². The fraction of sp³-hybridized carbons (Fsp3) is 0.333. The lowest BCUT2D eigenvalue weighted by Crippen LogP contribution is -2.27. The highest BCUT2D eigenvalue weighted by atomic mass is 35.5. The van der Waals surface area contributed by atoms with Crippen molar-refractivity contribution in [2.45, 2.75) is 35.8 Å². The number of rotatable bonds is 5. The van der Waals surface area contributed by atoms with E-state index >= 15 is 0 Å². The fourth-order valence-corrected chi connectivity index (χ4v) is 7.11. The minimum absolute atomic E-state index is 0.00775. The van der Waals surface area contributed by atoms with E-state index in [-0.39, 0.29) is 10.3 Å². The first-order valence-electron chi connectivity index (χ1n) is 9.53. The maximum atomic E-state index is 13.0. The van der Waals surface area contributed by atoms with Gasteiger partial charge in [0.25, 0.3) is 10.0 Å². The zero-order valence-corrected chi connectivity index (χ0v) is 20.8. The summed E-state index contributed by atoms with van der Waals surface area (Å²) >= 11 is 9.17. The third kappa shape index (κ3) is 4.16. The average Bonchev–Trinajstić information content (AvgIpc) is 3.33. The van der Waals surface area contributed by atoms with E-state index in [1.807, 2.05) is 6.26 Å². The number of hydrogen-bond donors (Lipinski definition) is 0. The van der Waals surface area contributed by atoms with Gasteiger partial charge in [-0.25, -0.2) is 0 Å². The van der Waals surface area contributed by atoms with E-state index in [1.54, 1.807) is 48.4 Å². The normalized spacial score (nSPS) is 17.0. The number of thioether (sulfide) groups is 1. The van der Waals surface area contributed by atoms with E-state index in [0.29, 0.717) is 10.7 Å². The van der Waals surface area contributed by atoms with E-state index in [9.17, 15) is 8.42 Å². The molecule has 0 unspecified atom stereocenters. The van der Waals surface area contributed by atoms with Crippen molar-refractivity contribution in [2.24, 2.45) is 10.6 Å². The summed E-state index contributed by atoms with van der Waals surface area (Å²) in [5, 5.41) is 9.23. The van der Waals surface area contributed by atoms with Gasteiger partial charge in [0, 0.05) is 16.8 Å². The van der Waals surface area contributed by atoms with Gasteiger partial charge in [-0.05, 0) is 60.4 Å². The highest BCUT2D eigenvalue weighted by Crippen LogP contribution is 2.48. The van der Waals surface area contributed by atoms with Crippen LogP contribution in [-0.2, 0) is 21.3 Å². The number of aromatic nitrogens is 2. The number of fused-ring (bicyclic) bond motifs is 1. The number of oxime groups is 1. The molecule has 2 heterocycles. The van der Waals surface area contributed by atoms with Crippen LogP contribution in [0.15, 0.2) is 50.8 Å². The third-order valence-corrected chi connectivity index (χ3v) is 9.30. The Balaban J connectivity index is 1.82. The van der Waals surface area contributed by atoms with Gasteiger partial charge in [0.05, 0.1) is 19.7 Å². The minimum Gasteiger partial charge on any atom is -0.399 e. The molecule has 1 aliphatic rings. The van der Waals surface area contributed by atoms with Crippen LogP contribution in [-0.4, -0.2) is 36.7 Å². The van der Waals surface area contributed by atoms with Crippen LogP contribution < -0.4 is 0 Å². The Kier molecular flexibility index (Phi) is 5.97. The van der Waals surface area contributed by atoms with Gasteiger partial charge in [0.1, 0.15) is 12.8 Å². The van der Waals surface area contributed by atoms with E-state index in [0.717, 1.165) is 42.9 Å². The van der Waals surface area contributed by atoms with Crippen LogP contribution in [0.3, 0.4) is 0 Å². The molecule has 6 nitrogen and oxygen atoms in total. The molecule has 0 amide bonds. The monoisotopic (exact) mass is 495 g/mol. The molecule has 0 radical (unpaired) electrons. The SMILES string of the molecule is CO/N=C1\CC(C)(C)Cc2c(-c3ccn(S(=O)(=O)c4ccc(Cl)cc4)n3)sc(SC)c21. The lowest BCUT2D eigenvalue weighted by molar-refractivity contribution is 0.210. The molecule has 4 rings (SSSR count). The van der Waals surface area contributed by atoms with Gasteiger partial charge in [-0.3, -0.25) is 0 Å². The summed E-state index contributed by atoms with van der Waals surface area (Å²) in [6.07, 6.45) is 5.19. The third-order valence-electron chi connectivity index (χ3n) is 5.11. The van der Waals surface area contributed by atoms with Gasteiger partial charge in [-0.1, -0.05) is 30.6 Å². The number of halogens is 1. The van der Waals surface area contributed by atoms with E-state index in [4.69, 9.17) is 16.4 Å². The molecule has 10 heteroatoms. The molecule has 2 aromatic heterocycles. The summed E-state index contributed by atoms with van der Waals surface area (Å²) in [5.41, 5.74) is 3.81. The van der Waals surface area contributed by atoms with Crippen molar-refractivity contribution in [3.05, 3.63) is 52.7 Å². The summed E-state index contributed by atoms with van der Waals surface area (Å²) in [6.45, 7) is 4.40. The predicted molar refractivity (Wildman–Crippen MR) is 127 cm³/mol. The highest BCUT2D eigenvalue weighted by molar-refractivity contribution is 8.00. The van der Waals surface area contributed by atoms with E-state index in [2.05, 4.69) is 24.1 Å². The van der Waals surface area contributed by atoms with Crippen LogP contribution in [0.1, 0.15) is 31.4 Å². The summed E-state index contributed by atoms with van der Waals surface area (Å²) in [4.78, 5) is 6.24. The van der Waals surface area contributed by atoms with E-state index in [1.165, 1.54) is 18.3 Å². The Hall–Kier alpha value is -1.81. The van der Waals surface area contributed by atoms with Crippen LogP contribution in [0.5, 0.6) is 0 Å². The number of nitrogens with zero attached hydrogens (tertiary/aromatic N) is 3. The maximum absolute atomic E-state index is 13.0. The second-order valence-corrected chi connectivity index (χ2v) is 12.4. The second kappa shape index (κ2) is 8.27. The van der Waals surface area contributed by atoms with E-state index < -0.39 is 10.0 Å². The predicted octanol–water partition coefficient (Wildman–Crippen LogP) is 5.55. The van der Waals surface area contributed by atoms with Crippen LogP contribution >= 0.6 is 34.7 Å².